The molecule has 0 fully saturated rings. The van der Waals surface area contributed by atoms with Gasteiger partial charge in [-0.1, -0.05) is 35.7 Å². The Balaban J connectivity index is 2.36. The SMILES string of the molecule is C#CCCCCC(C#N)(Cn1ccnc1)c1ccc(Cl)cc1Cl. The number of hydrogen-bond acceptors (Lipinski definition) is 2. The van der Waals surface area contributed by atoms with Crippen LogP contribution in [0.25, 0.3) is 0 Å². The molecule has 1 atom stereocenters. The number of hydrogen-bond donors (Lipinski definition) is 0. The van der Waals surface area contributed by atoms with Crippen molar-refractivity contribution >= 4 is 23.2 Å². The van der Waals surface area contributed by atoms with Gasteiger partial charge in [-0.2, -0.15) is 5.26 Å². The number of nitriles is 1. The molecule has 23 heavy (non-hydrogen) atoms. The molecule has 0 aliphatic rings. The van der Waals surface area contributed by atoms with Crippen molar-refractivity contribution in [3.8, 4) is 18.4 Å². The summed E-state index contributed by atoms with van der Waals surface area (Å²) in [4.78, 5) is 4.05. The zero-order valence-electron chi connectivity index (χ0n) is 12.7. The summed E-state index contributed by atoms with van der Waals surface area (Å²) < 4.78 is 1.90. The summed E-state index contributed by atoms with van der Waals surface area (Å²) >= 11 is 12.4. The maximum atomic E-state index is 9.96. The molecule has 0 aliphatic heterocycles. The highest BCUT2D eigenvalue weighted by Gasteiger charge is 2.34. The Morgan fingerprint density at radius 1 is 1.30 bits per heavy atom. The largest absolute Gasteiger partial charge is 0.336 e. The fraction of sp³-hybridized carbons (Fsp3) is 0.333. The van der Waals surface area contributed by atoms with Crippen LogP contribution in [0.4, 0.5) is 0 Å². The summed E-state index contributed by atoms with van der Waals surface area (Å²) in [7, 11) is 0. The van der Waals surface area contributed by atoms with Gasteiger partial charge in [-0.3, -0.25) is 0 Å². The molecule has 1 aromatic heterocycles. The van der Waals surface area contributed by atoms with Crippen molar-refractivity contribution in [1.29, 1.82) is 5.26 Å². The molecule has 1 aromatic carbocycles. The fourth-order valence-corrected chi connectivity index (χ4v) is 3.26. The zero-order valence-corrected chi connectivity index (χ0v) is 14.2. The molecule has 0 amide bonds. The molecule has 0 bridgehead atoms. The molecule has 5 heteroatoms. The summed E-state index contributed by atoms with van der Waals surface area (Å²) in [6, 6.07) is 7.77. The maximum absolute atomic E-state index is 9.96. The van der Waals surface area contributed by atoms with E-state index in [9.17, 15) is 5.26 Å². The molecule has 1 heterocycles. The van der Waals surface area contributed by atoms with E-state index >= 15 is 0 Å². The van der Waals surface area contributed by atoms with E-state index in [1.807, 2.05) is 16.8 Å². The summed E-state index contributed by atoms with van der Waals surface area (Å²) in [5.74, 6) is 2.63. The third-order valence-electron chi connectivity index (χ3n) is 3.85. The van der Waals surface area contributed by atoms with Crippen LogP contribution >= 0.6 is 23.2 Å². The molecule has 0 aliphatic carbocycles. The molecule has 0 N–H and O–H groups in total. The Hall–Kier alpha value is -1.94. The Morgan fingerprint density at radius 2 is 2.13 bits per heavy atom. The summed E-state index contributed by atoms with van der Waals surface area (Å²) in [5.41, 5.74) is 0.0530. The van der Waals surface area contributed by atoms with Crippen molar-refractivity contribution in [2.45, 2.75) is 37.6 Å². The molecular weight excluding hydrogens is 329 g/mol. The Bertz CT molecular complexity index is 726. The van der Waals surface area contributed by atoms with Crippen LogP contribution in [0, 0.1) is 23.7 Å². The molecular formula is C18H17Cl2N3. The van der Waals surface area contributed by atoms with E-state index in [4.69, 9.17) is 29.6 Å². The van der Waals surface area contributed by atoms with Gasteiger partial charge in [-0.25, -0.2) is 4.98 Å². The van der Waals surface area contributed by atoms with Gasteiger partial charge in [0.1, 0.15) is 5.41 Å². The van der Waals surface area contributed by atoms with Gasteiger partial charge < -0.3 is 4.57 Å². The zero-order chi connectivity index (χ0) is 16.7. The van der Waals surface area contributed by atoms with Gasteiger partial charge in [0.05, 0.1) is 12.4 Å². The summed E-state index contributed by atoms with van der Waals surface area (Å²) in [6.07, 6.45) is 13.7. The Morgan fingerprint density at radius 3 is 2.74 bits per heavy atom. The monoisotopic (exact) mass is 345 g/mol. The quantitative estimate of drug-likeness (QED) is 0.531. The standard InChI is InChI=1S/C18H17Cl2N3/c1-2-3-4-5-8-18(12-21,13-23-10-9-22-14-23)16-7-6-15(19)11-17(16)20/h1,6-7,9-11,14H,3-5,8,13H2. The van der Waals surface area contributed by atoms with E-state index in [-0.39, 0.29) is 0 Å². The normalized spacial score (nSPS) is 13.0. The number of imidazole rings is 1. The molecule has 0 saturated heterocycles. The Kier molecular flexibility index (Phi) is 6.11. The van der Waals surface area contributed by atoms with E-state index in [0.717, 1.165) is 18.4 Å². The lowest BCUT2D eigenvalue weighted by atomic mass is 9.77. The minimum atomic E-state index is -0.739. The minimum absolute atomic E-state index is 0.487. The van der Waals surface area contributed by atoms with Gasteiger partial charge in [0, 0.05) is 35.4 Å². The number of halogens is 2. The van der Waals surface area contributed by atoms with Gasteiger partial charge >= 0.3 is 0 Å². The van der Waals surface area contributed by atoms with E-state index < -0.39 is 5.41 Å². The van der Waals surface area contributed by atoms with Crippen LogP contribution in [0.5, 0.6) is 0 Å². The van der Waals surface area contributed by atoms with Crippen molar-refractivity contribution in [2.24, 2.45) is 0 Å². The third kappa shape index (κ3) is 4.29. The molecule has 0 saturated carbocycles. The first-order valence-electron chi connectivity index (χ1n) is 7.37. The molecule has 0 radical (unpaired) electrons. The second-order valence-corrected chi connectivity index (χ2v) is 6.31. The first kappa shape index (κ1) is 17.4. The number of nitrogens with zero attached hydrogens (tertiary/aromatic N) is 3. The molecule has 3 nitrogen and oxygen atoms in total. The van der Waals surface area contributed by atoms with Crippen molar-refractivity contribution in [3.05, 3.63) is 52.5 Å². The second-order valence-electron chi connectivity index (χ2n) is 5.46. The lowest BCUT2D eigenvalue weighted by Gasteiger charge is -2.28. The van der Waals surface area contributed by atoms with Gasteiger partial charge in [0.15, 0.2) is 0 Å². The molecule has 118 valence electrons. The van der Waals surface area contributed by atoms with Crippen LogP contribution in [-0.2, 0) is 12.0 Å². The Labute approximate surface area is 146 Å². The molecule has 1 unspecified atom stereocenters. The number of aromatic nitrogens is 2. The van der Waals surface area contributed by atoms with Crippen LogP contribution in [0.1, 0.15) is 31.2 Å². The van der Waals surface area contributed by atoms with Crippen molar-refractivity contribution in [2.75, 3.05) is 0 Å². The minimum Gasteiger partial charge on any atom is -0.336 e. The lowest BCUT2D eigenvalue weighted by Crippen LogP contribution is -2.30. The molecule has 2 aromatic rings. The van der Waals surface area contributed by atoms with Crippen molar-refractivity contribution in [1.82, 2.24) is 9.55 Å². The number of unbranched alkanes of at least 4 members (excludes halogenated alkanes) is 2. The lowest BCUT2D eigenvalue weighted by molar-refractivity contribution is 0.409. The predicted molar refractivity (Wildman–Crippen MR) is 93.3 cm³/mol. The average molecular weight is 346 g/mol. The smallest absolute Gasteiger partial charge is 0.101 e. The highest BCUT2D eigenvalue weighted by Crippen LogP contribution is 2.37. The number of rotatable bonds is 7. The number of benzene rings is 1. The average Bonchev–Trinajstić information content (AvgIpc) is 3.03. The summed E-state index contributed by atoms with van der Waals surface area (Å²) in [6.45, 7) is 0.487. The molecule has 0 spiro atoms. The van der Waals surface area contributed by atoms with E-state index in [1.54, 1.807) is 24.7 Å². The first-order chi connectivity index (χ1) is 11.1. The van der Waals surface area contributed by atoms with E-state index in [0.29, 0.717) is 29.4 Å². The van der Waals surface area contributed by atoms with Gasteiger partial charge in [0.2, 0.25) is 0 Å². The first-order valence-corrected chi connectivity index (χ1v) is 8.13. The summed E-state index contributed by atoms with van der Waals surface area (Å²) in [5, 5.41) is 11.0. The van der Waals surface area contributed by atoms with Gasteiger partial charge in [0.25, 0.3) is 0 Å². The highest BCUT2D eigenvalue weighted by molar-refractivity contribution is 6.35. The topological polar surface area (TPSA) is 41.6 Å². The van der Waals surface area contributed by atoms with Crippen LogP contribution < -0.4 is 0 Å². The predicted octanol–water partition coefficient (Wildman–Crippen LogP) is 4.85. The third-order valence-corrected chi connectivity index (χ3v) is 4.39. The van der Waals surface area contributed by atoms with Gasteiger partial charge in [-0.05, 0) is 30.5 Å². The van der Waals surface area contributed by atoms with Gasteiger partial charge in [-0.15, -0.1) is 12.3 Å². The van der Waals surface area contributed by atoms with Crippen molar-refractivity contribution in [3.63, 3.8) is 0 Å². The number of terminal acetylenes is 1. The van der Waals surface area contributed by atoms with Crippen LogP contribution in [0.15, 0.2) is 36.9 Å². The molecule has 2 rings (SSSR count). The van der Waals surface area contributed by atoms with Crippen LogP contribution in [0.3, 0.4) is 0 Å². The second kappa shape index (κ2) is 8.06. The fourth-order valence-electron chi connectivity index (χ4n) is 2.67. The van der Waals surface area contributed by atoms with Crippen LogP contribution in [-0.4, -0.2) is 9.55 Å². The highest BCUT2D eigenvalue weighted by atomic mass is 35.5. The van der Waals surface area contributed by atoms with E-state index in [2.05, 4.69) is 17.0 Å². The van der Waals surface area contributed by atoms with E-state index in [1.165, 1.54) is 0 Å². The van der Waals surface area contributed by atoms with Crippen LogP contribution in [0.2, 0.25) is 10.0 Å². The van der Waals surface area contributed by atoms with Crippen molar-refractivity contribution < 1.29 is 0 Å². The maximum Gasteiger partial charge on any atom is 0.101 e.